The molecule has 0 aliphatic rings. The van der Waals surface area contributed by atoms with Crippen molar-refractivity contribution in [1.29, 1.82) is 5.26 Å². The molecule has 0 aliphatic carbocycles. The van der Waals surface area contributed by atoms with Gasteiger partial charge in [-0.15, -0.1) is 0 Å². The first-order valence-corrected chi connectivity index (χ1v) is 6.48. The third-order valence-corrected chi connectivity index (χ3v) is 2.91. The van der Waals surface area contributed by atoms with Crippen molar-refractivity contribution >= 4 is 5.91 Å². The van der Waals surface area contributed by atoms with Crippen molar-refractivity contribution in [3.63, 3.8) is 0 Å². The van der Waals surface area contributed by atoms with Gasteiger partial charge in [-0.1, -0.05) is 24.3 Å². The Morgan fingerprint density at radius 2 is 2.00 bits per heavy atom. The minimum atomic E-state index is 0.148. The van der Waals surface area contributed by atoms with Crippen LogP contribution in [0.5, 0.6) is 0 Å². The Hall–Kier alpha value is -2.08. The number of nitrogens with zero attached hydrogens (tertiary/aromatic N) is 2. The number of hydrogen-bond acceptors (Lipinski definition) is 2. The van der Waals surface area contributed by atoms with Gasteiger partial charge >= 0.3 is 0 Å². The zero-order valence-corrected chi connectivity index (χ0v) is 11.6. The summed E-state index contributed by atoms with van der Waals surface area (Å²) in [4.78, 5) is 13.9. The smallest absolute Gasteiger partial charge is 0.223 e. The molecule has 0 saturated carbocycles. The van der Waals surface area contributed by atoms with Crippen molar-refractivity contribution in [3.8, 4) is 6.07 Å². The first-order valence-electron chi connectivity index (χ1n) is 6.48. The lowest BCUT2D eigenvalue weighted by atomic mass is 10.1. The molecular weight excluding hydrogens is 236 g/mol. The van der Waals surface area contributed by atoms with E-state index in [0.29, 0.717) is 31.5 Å². The molecular formula is C16H20N2O. The lowest BCUT2D eigenvalue weighted by Crippen LogP contribution is -2.32. The summed E-state index contributed by atoms with van der Waals surface area (Å²) in [5.41, 5.74) is 2.72. The average Bonchev–Trinajstić information content (AvgIpc) is 2.42. The summed E-state index contributed by atoms with van der Waals surface area (Å²) in [5.74, 6) is 0.148. The minimum Gasteiger partial charge on any atom is -0.339 e. The topological polar surface area (TPSA) is 44.1 Å². The molecule has 0 aromatic heterocycles. The van der Waals surface area contributed by atoms with E-state index in [1.54, 1.807) is 12.1 Å². The molecule has 0 bridgehead atoms. The SMILES string of the molecule is C=C(C)CN(CC)C(=O)CCc1ccc(C#N)cc1. The van der Waals surface area contributed by atoms with Gasteiger partial charge in [0.1, 0.15) is 0 Å². The minimum absolute atomic E-state index is 0.148. The van der Waals surface area contributed by atoms with Gasteiger partial charge in [0, 0.05) is 19.5 Å². The maximum atomic E-state index is 12.0. The molecule has 0 atom stereocenters. The number of carbonyl (C=O) groups is 1. The Labute approximate surface area is 115 Å². The van der Waals surface area contributed by atoms with Gasteiger partial charge in [0.15, 0.2) is 0 Å². The van der Waals surface area contributed by atoms with E-state index in [1.165, 1.54) is 0 Å². The van der Waals surface area contributed by atoms with Crippen molar-refractivity contribution in [1.82, 2.24) is 4.90 Å². The summed E-state index contributed by atoms with van der Waals surface area (Å²) in [6.07, 6.45) is 1.20. The first-order chi connectivity index (χ1) is 9.06. The Balaban J connectivity index is 2.52. The summed E-state index contributed by atoms with van der Waals surface area (Å²) in [6.45, 7) is 9.08. The van der Waals surface area contributed by atoms with Crippen LogP contribution >= 0.6 is 0 Å². The number of likely N-dealkylation sites (N-methyl/N-ethyl adjacent to an activating group) is 1. The Morgan fingerprint density at radius 3 is 2.47 bits per heavy atom. The second-order valence-corrected chi connectivity index (χ2v) is 4.67. The van der Waals surface area contributed by atoms with E-state index in [0.717, 1.165) is 11.1 Å². The van der Waals surface area contributed by atoms with Gasteiger partial charge in [-0.25, -0.2) is 0 Å². The van der Waals surface area contributed by atoms with Crippen LogP contribution in [0.2, 0.25) is 0 Å². The van der Waals surface area contributed by atoms with Gasteiger partial charge in [-0.3, -0.25) is 4.79 Å². The van der Waals surface area contributed by atoms with E-state index < -0.39 is 0 Å². The van der Waals surface area contributed by atoms with Gasteiger partial charge < -0.3 is 4.90 Å². The number of rotatable bonds is 6. The molecule has 1 aromatic rings. The van der Waals surface area contributed by atoms with Crippen LogP contribution in [0.25, 0.3) is 0 Å². The van der Waals surface area contributed by atoms with Gasteiger partial charge in [0.05, 0.1) is 11.6 Å². The number of amides is 1. The highest BCUT2D eigenvalue weighted by atomic mass is 16.2. The van der Waals surface area contributed by atoms with Gasteiger partial charge in [-0.2, -0.15) is 5.26 Å². The third kappa shape index (κ3) is 4.97. The third-order valence-electron chi connectivity index (χ3n) is 2.91. The summed E-state index contributed by atoms with van der Waals surface area (Å²) in [6, 6.07) is 9.46. The predicted octanol–water partition coefficient (Wildman–Crippen LogP) is 2.92. The molecule has 0 aliphatic heterocycles. The number of nitriles is 1. The summed E-state index contributed by atoms with van der Waals surface area (Å²) < 4.78 is 0. The quantitative estimate of drug-likeness (QED) is 0.734. The van der Waals surface area contributed by atoms with Crippen LogP contribution < -0.4 is 0 Å². The van der Waals surface area contributed by atoms with E-state index in [1.807, 2.05) is 30.9 Å². The second kappa shape index (κ2) is 7.38. The van der Waals surface area contributed by atoms with E-state index in [4.69, 9.17) is 5.26 Å². The molecule has 0 radical (unpaired) electrons. The lowest BCUT2D eigenvalue weighted by molar-refractivity contribution is -0.130. The van der Waals surface area contributed by atoms with Crippen LogP contribution in [0, 0.1) is 11.3 Å². The number of hydrogen-bond donors (Lipinski definition) is 0. The van der Waals surface area contributed by atoms with Crippen molar-refractivity contribution in [3.05, 3.63) is 47.5 Å². The van der Waals surface area contributed by atoms with Crippen LogP contribution in [0.3, 0.4) is 0 Å². The molecule has 1 amide bonds. The van der Waals surface area contributed by atoms with E-state index in [9.17, 15) is 4.79 Å². The Morgan fingerprint density at radius 1 is 1.37 bits per heavy atom. The summed E-state index contributed by atoms with van der Waals surface area (Å²) >= 11 is 0. The monoisotopic (exact) mass is 256 g/mol. The van der Waals surface area contributed by atoms with Gasteiger partial charge in [0.2, 0.25) is 5.91 Å². The summed E-state index contributed by atoms with van der Waals surface area (Å²) in [7, 11) is 0. The molecule has 0 fully saturated rings. The van der Waals surface area contributed by atoms with Crippen molar-refractivity contribution in [2.75, 3.05) is 13.1 Å². The fourth-order valence-electron chi connectivity index (χ4n) is 1.86. The molecule has 3 nitrogen and oxygen atoms in total. The van der Waals surface area contributed by atoms with Crippen LogP contribution in [-0.2, 0) is 11.2 Å². The molecule has 0 heterocycles. The highest BCUT2D eigenvalue weighted by Gasteiger charge is 2.11. The lowest BCUT2D eigenvalue weighted by Gasteiger charge is -2.20. The molecule has 19 heavy (non-hydrogen) atoms. The highest BCUT2D eigenvalue weighted by Crippen LogP contribution is 2.08. The second-order valence-electron chi connectivity index (χ2n) is 4.67. The Bertz CT molecular complexity index is 482. The fourth-order valence-corrected chi connectivity index (χ4v) is 1.86. The van der Waals surface area contributed by atoms with E-state index in [-0.39, 0.29) is 5.91 Å². The molecule has 1 aromatic carbocycles. The normalized spacial score (nSPS) is 9.74. The maximum Gasteiger partial charge on any atom is 0.223 e. The average molecular weight is 256 g/mol. The highest BCUT2D eigenvalue weighted by molar-refractivity contribution is 5.76. The van der Waals surface area contributed by atoms with Gasteiger partial charge in [-0.05, 0) is 38.0 Å². The maximum absolute atomic E-state index is 12.0. The van der Waals surface area contributed by atoms with Gasteiger partial charge in [0.25, 0.3) is 0 Å². The molecule has 100 valence electrons. The zero-order chi connectivity index (χ0) is 14.3. The zero-order valence-electron chi connectivity index (χ0n) is 11.6. The van der Waals surface area contributed by atoms with Crippen LogP contribution in [0.15, 0.2) is 36.4 Å². The van der Waals surface area contributed by atoms with Crippen LogP contribution in [0.1, 0.15) is 31.4 Å². The number of aryl methyl sites for hydroxylation is 1. The van der Waals surface area contributed by atoms with Crippen LogP contribution in [-0.4, -0.2) is 23.9 Å². The van der Waals surface area contributed by atoms with Crippen molar-refractivity contribution < 1.29 is 4.79 Å². The first kappa shape index (κ1) is 15.0. The van der Waals surface area contributed by atoms with Crippen molar-refractivity contribution in [2.45, 2.75) is 26.7 Å². The van der Waals surface area contributed by atoms with E-state index >= 15 is 0 Å². The molecule has 0 saturated heterocycles. The van der Waals surface area contributed by atoms with E-state index in [2.05, 4.69) is 12.6 Å². The molecule has 0 unspecified atom stereocenters. The number of benzene rings is 1. The van der Waals surface area contributed by atoms with Crippen LogP contribution in [0.4, 0.5) is 0 Å². The fraction of sp³-hybridized carbons (Fsp3) is 0.375. The molecule has 0 N–H and O–H groups in total. The molecule has 0 spiro atoms. The predicted molar refractivity (Wildman–Crippen MR) is 76.5 cm³/mol. The Kier molecular flexibility index (Phi) is 5.81. The standard InChI is InChI=1S/C16H20N2O/c1-4-18(12-13(2)3)16(19)10-9-14-5-7-15(11-17)8-6-14/h5-8H,2,4,9-10,12H2,1,3H3. The largest absolute Gasteiger partial charge is 0.339 e. The van der Waals surface area contributed by atoms with Crippen molar-refractivity contribution in [2.24, 2.45) is 0 Å². The molecule has 1 rings (SSSR count). The number of carbonyl (C=O) groups excluding carboxylic acids is 1. The summed E-state index contributed by atoms with van der Waals surface area (Å²) in [5, 5.41) is 8.72. The molecule has 3 heteroatoms.